The molecular formula is C23H24N4O2. The fourth-order valence-corrected chi connectivity index (χ4v) is 3.30. The summed E-state index contributed by atoms with van der Waals surface area (Å²) < 4.78 is 5.91. The van der Waals surface area contributed by atoms with Crippen LogP contribution < -0.4 is 10.3 Å². The Morgan fingerprint density at radius 2 is 1.83 bits per heavy atom. The van der Waals surface area contributed by atoms with Crippen molar-refractivity contribution in [3.63, 3.8) is 0 Å². The van der Waals surface area contributed by atoms with Crippen molar-refractivity contribution in [2.75, 3.05) is 0 Å². The fourth-order valence-electron chi connectivity index (χ4n) is 3.30. The number of nitrogens with zero attached hydrogens (tertiary/aromatic N) is 2. The van der Waals surface area contributed by atoms with E-state index >= 15 is 0 Å². The van der Waals surface area contributed by atoms with E-state index in [9.17, 15) is 4.79 Å². The average Bonchev–Trinajstić information content (AvgIpc) is 3.10. The molecule has 2 heterocycles. The second-order valence-electron chi connectivity index (χ2n) is 7.60. The zero-order valence-corrected chi connectivity index (χ0v) is 16.6. The third-order valence-corrected chi connectivity index (χ3v) is 4.66. The molecule has 0 unspecified atom stereocenters. The van der Waals surface area contributed by atoms with E-state index in [1.165, 1.54) is 0 Å². The molecule has 0 spiro atoms. The maximum Gasteiger partial charge on any atom is 0.276 e. The first-order chi connectivity index (χ1) is 14.1. The molecule has 0 aliphatic heterocycles. The SMILES string of the molecule is CC(C)Cc1n[nH]c2c(=O)[nH]c(Cc3cccc(OCc4ccccc4)c3)nc12. The monoisotopic (exact) mass is 388 g/mol. The number of aromatic nitrogens is 4. The molecule has 0 saturated carbocycles. The number of ether oxygens (including phenoxy) is 1. The Morgan fingerprint density at radius 3 is 2.62 bits per heavy atom. The van der Waals surface area contributed by atoms with Gasteiger partial charge in [0.2, 0.25) is 0 Å². The van der Waals surface area contributed by atoms with Gasteiger partial charge in [-0.25, -0.2) is 4.98 Å². The number of aromatic amines is 2. The summed E-state index contributed by atoms with van der Waals surface area (Å²) in [7, 11) is 0. The van der Waals surface area contributed by atoms with Crippen LogP contribution in [0.5, 0.6) is 5.75 Å². The third-order valence-electron chi connectivity index (χ3n) is 4.66. The normalized spacial score (nSPS) is 11.3. The maximum absolute atomic E-state index is 12.4. The molecule has 2 N–H and O–H groups in total. The largest absolute Gasteiger partial charge is 0.489 e. The Morgan fingerprint density at radius 1 is 1.03 bits per heavy atom. The van der Waals surface area contributed by atoms with Crippen molar-refractivity contribution in [3.05, 3.63) is 87.6 Å². The van der Waals surface area contributed by atoms with E-state index in [4.69, 9.17) is 4.74 Å². The summed E-state index contributed by atoms with van der Waals surface area (Å²) >= 11 is 0. The number of hydrogen-bond acceptors (Lipinski definition) is 4. The first kappa shape index (κ1) is 18.9. The van der Waals surface area contributed by atoms with Gasteiger partial charge in [-0.15, -0.1) is 0 Å². The van der Waals surface area contributed by atoms with Crippen LogP contribution in [-0.2, 0) is 19.4 Å². The minimum absolute atomic E-state index is 0.191. The van der Waals surface area contributed by atoms with Crippen molar-refractivity contribution in [3.8, 4) is 5.75 Å². The van der Waals surface area contributed by atoms with Crippen LogP contribution in [0.1, 0.15) is 36.5 Å². The van der Waals surface area contributed by atoms with E-state index in [-0.39, 0.29) is 5.56 Å². The van der Waals surface area contributed by atoms with E-state index in [1.54, 1.807) is 0 Å². The van der Waals surface area contributed by atoms with Gasteiger partial charge in [-0.3, -0.25) is 9.89 Å². The van der Waals surface area contributed by atoms with Gasteiger partial charge in [-0.05, 0) is 35.6 Å². The summed E-state index contributed by atoms with van der Waals surface area (Å²) in [6.07, 6.45) is 1.29. The first-order valence-electron chi connectivity index (χ1n) is 9.80. The zero-order chi connectivity index (χ0) is 20.2. The number of fused-ring (bicyclic) bond motifs is 1. The second-order valence-corrected chi connectivity index (χ2v) is 7.60. The van der Waals surface area contributed by atoms with E-state index in [0.717, 1.165) is 29.0 Å². The third kappa shape index (κ3) is 4.54. The molecule has 6 nitrogen and oxygen atoms in total. The summed E-state index contributed by atoms with van der Waals surface area (Å²) in [4.78, 5) is 20.0. The van der Waals surface area contributed by atoms with Gasteiger partial charge in [0.05, 0.1) is 5.69 Å². The summed E-state index contributed by atoms with van der Waals surface area (Å²) in [6, 6.07) is 17.9. The van der Waals surface area contributed by atoms with Crippen molar-refractivity contribution in [1.29, 1.82) is 0 Å². The van der Waals surface area contributed by atoms with Gasteiger partial charge in [0, 0.05) is 6.42 Å². The molecule has 4 aromatic rings. The quantitative estimate of drug-likeness (QED) is 0.501. The molecule has 6 heteroatoms. The zero-order valence-electron chi connectivity index (χ0n) is 16.6. The predicted octanol–water partition coefficient (Wildman–Crippen LogP) is 4.01. The molecule has 4 rings (SSSR count). The van der Waals surface area contributed by atoms with Gasteiger partial charge in [0.15, 0.2) is 0 Å². The highest BCUT2D eigenvalue weighted by Crippen LogP contribution is 2.18. The highest BCUT2D eigenvalue weighted by molar-refractivity contribution is 5.75. The van der Waals surface area contributed by atoms with Crippen molar-refractivity contribution < 1.29 is 4.74 Å². The lowest BCUT2D eigenvalue weighted by Crippen LogP contribution is -2.12. The van der Waals surface area contributed by atoms with Crippen LogP contribution in [-0.4, -0.2) is 20.2 Å². The van der Waals surface area contributed by atoms with Crippen LogP contribution in [0.2, 0.25) is 0 Å². The van der Waals surface area contributed by atoms with Crippen molar-refractivity contribution >= 4 is 11.0 Å². The number of rotatable bonds is 7. The number of hydrogen-bond donors (Lipinski definition) is 2. The smallest absolute Gasteiger partial charge is 0.276 e. The van der Waals surface area contributed by atoms with Crippen LogP contribution in [0, 0.1) is 5.92 Å². The van der Waals surface area contributed by atoms with E-state index < -0.39 is 0 Å². The summed E-state index contributed by atoms with van der Waals surface area (Å²) in [5, 5.41) is 7.10. The van der Waals surface area contributed by atoms with Crippen molar-refractivity contribution in [2.45, 2.75) is 33.3 Å². The van der Waals surface area contributed by atoms with E-state index in [1.807, 2.05) is 54.6 Å². The Bertz CT molecular complexity index is 1160. The minimum atomic E-state index is -0.191. The molecule has 2 aromatic carbocycles. The molecule has 0 aliphatic rings. The Hall–Kier alpha value is -3.41. The summed E-state index contributed by atoms with van der Waals surface area (Å²) in [5.74, 6) is 1.84. The molecule has 0 aliphatic carbocycles. The highest BCUT2D eigenvalue weighted by atomic mass is 16.5. The van der Waals surface area contributed by atoms with Gasteiger partial charge in [0.25, 0.3) is 5.56 Å². The van der Waals surface area contributed by atoms with Crippen molar-refractivity contribution in [1.82, 2.24) is 20.2 Å². The van der Waals surface area contributed by atoms with E-state index in [0.29, 0.717) is 35.8 Å². The molecule has 0 fully saturated rings. The fraction of sp³-hybridized carbons (Fsp3) is 0.261. The minimum Gasteiger partial charge on any atom is -0.489 e. The molecule has 148 valence electrons. The van der Waals surface area contributed by atoms with Crippen molar-refractivity contribution in [2.24, 2.45) is 5.92 Å². The molecule has 29 heavy (non-hydrogen) atoms. The molecule has 0 radical (unpaired) electrons. The maximum atomic E-state index is 12.4. The van der Waals surface area contributed by atoms with E-state index in [2.05, 4.69) is 34.0 Å². The lowest BCUT2D eigenvalue weighted by Gasteiger charge is -2.08. The summed E-state index contributed by atoms with van der Waals surface area (Å²) in [6.45, 7) is 4.75. The number of nitrogens with one attached hydrogen (secondary N) is 2. The molecule has 2 aromatic heterocycles. The highest BCUT2D eigenvalue weighted by Gasteiger charge is 2.13. The average molecular weight is 388 g/mol. The standard InChI is InChI=1S/C23H24N4O2/c1-15(2)11-19-21-22(27-26-19)23(28)25-20(24-21)13-17-9-6-10-18(12-17)29-14-16-7-4-3-5-8-16/h3-10,12,15H,11,13-14H2,1-2H3,(H,26,27)(H,24,25,28). The Balaban J connectivity index is 1.54. The summed E-state index contributed by atoms with van der Waals surface area (Å²) in [5.41, 5.74) is 3.88. The molecule has 0 bridgehead atoms. The molecule has 0 saturated heterocycles. The van der Waals surface area contributed by atoms with Gasteiger partial charge < -0.3 is 9.72 Å². The molecule has 0 amide bonds. The number of benzene rings is 2. The molecule has 0 atom stereocenters. The van der Waals surface area contributed by atoms with Crippen LogP contribution >= 0.6 is 0 Å². The Labute approximate surface area is 169 Å². The predicted molar refractivity (Wildman–Crippen MR) is 113 cm³/mol. The first-order valence-corrected chi connectivity index (χ1v) is 9.80. The van der Waals surface area contributed by atoms with Crippen LogP contribution in [0.4, 0.5) is 0 Å². The lowest BCUT2D eigenvalue weighted by atomic mass is 10.1. The van der Waals surface area contributed by atoms with Crippen LogP contribution in [0.3, 0.4) is 0 Å². The topological polar surface area (TPSA) is 83.7 Å². The second kappa shape index (κ2) is 8.31. The van der Waals surface area contributed by atoms with Crippen LogP contribution in [0.25, 0.3) is 11.0 Å². The van der Waals surface area contributed by atoms with Gasteiger partial charge in [0.1, 0.15) is 29.2 Å². The van der Waals surface area contributed by atoms with Gasteiger partial charge in [-0.1, -0.05) is 56.3 Å². The molecular weight excluding hydrogens is 364 g/mol. The lowest BCUT2D eigenvalue weighted by molar-refractivity contribution is 0.306. The Kier molecular flexibility index (Phi) is 5.42. The van der Waals surface area contributed by atoms with Gasteiger partial charge >= 0.3 is 0 Å². The number of H-pyrrole nitrogens is 2. The van der Waals surface area contributed by atoms with Crippen LogP contribution in [0.15, 0.2) is 59.4 Å². The van der Waals surface area contributed by atoms with Gasteiger partial charge in [-0.2, -0.15) is 5.10 Å².